The molecule has 4 aromatic rings. The average Bonchev–Trinajstić information content (AvgIpc) is 3.16. The Bertz CT molecular complexity index is 1290. The first-order valence-corrected chi connectivity index (χ1v) is 11.5. The van der Waals surface area contributed by atoms with Gasteiger partial charge in [-0.15, -0.1) is 11.3 Å². The monoisotopic (exact) mass is 428 g/mol. The first kappa shape index (κ1) is 19.7. The zero-order chi connectivity index (χ0) is 20.6. The molecule has 0 spiro atoms. The fraction of sp³-hybridized carbons (Fsp3) is 0.250. The lowest BCUT2D eigenvalue weighted by Gasteiger charge is -2.19. The predicted molar refractivity (Wildman–Crippen MR) is 115 cm³/mol. The molecular weight excluding hydrogens is 408 g/mol. The normalized spacial score (nSPS) is 13.2. The van der Waals surface area contributed by atoms with Crippen molar-refractivity contribution in [2.45, 2.75) is 24.0 Å². The van der Waals surface area contributed by atoms with E-state index in [0.717, 1.165) is 15.9 Å². The summed E-state index contributed by atoms with van der Waals surface area (Å²) in [5.41, 5.74) is 4.09. The molecule has 1 atom stereocenters. The highest BCUT2D eigenvalue weighted by atomic mass is 32.2. The Balaban J connectivity index is 1.78. The largest absolute Gasteiger partial charge is 0.395 e. The Kier molecular flexibility index (Phi) is 5.20. The number of anilines is 2. The van der Waals surface area contributed by atoms with E-state index in [2.05, 4.69) is 20.3 Å². The van der Waals surface area contributed by atoms with Crippen LogP contribution < -0.4 is 5.32 Å². The van der Waals surface area contributed by atoms with Crippen LogP contribution in [0.25, 0.3) is 21.1 Å². The lowest BCUT2D eigenvalue weighted by Crippen LogP contribution is -2.30. The first-order chi connectivity index (χ1) is 13.9. The standard InChI is InChI=1S/C20H20N4O3S2/c1-12(2)19(9-25)29(26,27)14-4-5-16-15(8-14)20(22-10-21-16)24-13-3-6-18-17(7-13)23-11-28-18/h3-8,10-12,19,25H,9H2,1-2H3,(H,21,22,24). The van der Waals surface area contributed by atoms with E-state index in [-0.39, 0.29) is 10.8 Å². The summed E-state index contributed by atoms with van der Waals surface area (Å²) in [6.45, 7) is 3.14. The molecule has 2 aromatic heterocycles. The van der Waals surface area contributed by atoms with E-state index in [1.165, 1.54) is 12.4 Å². The maximum absolute atomic E-state index is 13.0. The van der Waals surface area contributed by atoms with E-state index >= 15 is 0 Å². The van der Waals surface area contributed by atoms with Crippen LogP contribution in [0.5, 0.6) is 0 Å². The molecule has 0 saturated heterocycles. The summed E-state index contributed by atoms with van der Waals surface area (Å²) in [5.74, 6) is 0.293. The Hall–Kier alpha value is -2.62. The van der Waals surface area contributed by atoms with Crippen LogP contribution in [0.15, 0.2) is 53.1 Å². The molecule has 9 heteroatoms. The number of fused-ring (bicyclic) bond motifs is 2. The summed E-state index contributed by atoms with van der Waals surface area (Å²) in [5, 5.41) is 12.6. The van der Waals surface area contributed by atoms with Crippen LogP contribution in [0, 0.1) is 5.92 Å². The SMILES string of the molecule is CC(C)C(CO)S(=O)(=O)c1ccc2ncnc(Nc3ccc4scnc4c3)c2c1. The van der Waals surface area contributed by atoms with Crippen molar-refractivity contribution in [3.8, 4) is 0 Å². The number of nitrogens with zero attached hydrogens (tertiary/aromatic N) is 3. The van der Waals surface area contributed by atoms with E-state index in [1.54, 1.807) is 42.8 Å². The van der Waals surface area contributed by atoms with Crippen molar-refractivity contribution in [1.82, 2.24) is 15.0 Å². The van der Waals surface area contributed by atoms with Crippen molar-refractivity contribution in [1.29, 1.82) is 0 Å². The van der Waals surface area contributed by atoms with Crippen molar-refractivity contribution in [2.24, 2.45) is 5.92 Å². The number of hydrogen-bond donors (Lipinski definition) is 2. The number of aliphatic hydroxyl groups excluding tert-OH is 1. The van der Waals surface area contributed by atoms with E-state index in [4.69, 9.17) is 0 Å². The minimum absolute atomic E-state index is 0.144. The number of sulfone groups is 1. The van der Waals surface area contributed by atoms with Crippen molar-refractivity contribution in [3.05, 3.63) is 48.2 Å². The molecule has 29 heavy (non-hydrogen) atoms. The summed E-state index contributed by atoms with van der Waals surface area (Å²) < 4.78 is 27.1. The highest BCUT2D eigenvalue weighted by molar-refractivity contribution is 7.92. The van der Waals surface area contributed by atoms with Gasteiger partial charge in [0.25, 0.3) is 0 Å². The van der Waals surface area contributed by atoms with Gasteiger partial charge in [-0.2, -0.15) is 0 Å². The van der Waals surface area contributed by atoms with E-state index in [0.29, 0.717) is 16.7 Å². The zero-order valence-corrected chi connectivity index (χ0v) is 17.5. The number of rotatable bonds is 6. The van der Waals surface area contributed by atoms with Gasteiger partial charge in [0.1, 0.15) is 12.1 Å². The summed E-state index contributed by atoms with van der Waals surface area (Å²) in [6.07, 6.45) is 1.44. The van der Waals surface area contributed by atoms with Gasteiger partial charge in [0.2, 0.25) is 0 Å². The lowest BCUT2D eigenvalue weighted by molar-refractivity contribution is 0.269. The zero-order valence-electron chi connectivity index (χ0n) is 15.9. The number of aromatic nitrogens is 3. The third kappa shape index (κ3) is 3.68. The van der Waals surface area contributed by atoms with Gasteiger partial charge in [0.05, 0.1) is 38.0 Å². The summed E-state index contributed by atoms with van der Waals surface area (Å²) >= 11 is 1.56. The van der Waals surface area contributed by atoms with Crippen LogP contribution in [-0.4, -0.2) is 40.3 Å². The molecule has 4 rings (SSSR count). The highest BCUT2D eigenvalue weighted by Crippen LogP contribution is 2.30. The van der Waals surface area contributed by atoms with E-state index < -0.39 is 21.7 Å². The van der Waals surface area contributed by atoms with Crippen LogP contribution >= 0.6 is 11.3 Å². The molecule has 0 radical (unpaired) electrons. The summed E-state index contributed by atoms with van der Waals surface area (Å²) in [6, 6.07) is 10.6. The molecule has 0 aliphatic rings. The van der Waals surface area contributed by atoms with Crippen LogP contribution in [0.3, 0.4) is 0 Å². The second-order valence-electron chi connectivity index (χ2n) is 7.07. The fourth-order valence-electron chi connectivity index (χ4n) is 3.23. The second kappa shape index (κ2) is 7.66. The molecule has 0 bridgehead atoms. The second-order valence-corrected chi connectivity index (χ2v) is 10.1. The van der Waals surface area contributed by atoms with Crippen LogP contribution in [-0.2, 0) is 9.84 Å². The molecular formula is C20H20N4O3S2. The molecule has 0 amide bonds. The molecule has 0 saturated carbocycles. The number of nitrogens with one attached hydrogen (secondary N) is 1. The summed E-state index contributed by atoms with van der Waals surface area (Å²) in [7, 11) is -3.69. The van der Waals surface area contributed by atoms with Crippen molar-refractivity contribution in [2.75, 3.05) is 11.9 Å². The minimum Gasteiger partial charge on any atom is -0.395 e. The van der Waals surface area contributed by atoms with Gasteiger partial charge < -0.3 is 10.4 Å². The van der Waals surface area contributed by atoms with Gasteiger partial charge in [0.15, 0.2) is 9.84 Å². The van der Waals surface area contributed by atoms with E-state index in [9.17, 15) is 13.5 Å². The molecule has 0 aliphatic heterocycles. The first-order valence-electron chi connectivity index (χ1n) is 9.10. The Morgan fingerprint density at radius 2 is 1.90 bits per heavy atom. The Morgan fingerprint density at radius 1 is 1.07 bits per heavy atom. The predicted octanol–water partition coefficient (Wildman–Crippen LogP) is 3.77. The third-order valence-corrected chi connectivity index (χ3v) is 8.06. The number of benzene rings is 2. The van der Waals surface area contributed by atoms with Gasteiger partial charge in [-0.25, -0.2) is 23.4 Å². The topological polar surface area (TPSA) is 105 Å². The van der Waals surface area contributed by atoms with Gasteiger partial charge in [-0.3, -0.25) is 0 Å². The fourth-order valence-corrected chi connectivity index (χ4v) is 5.69. The molecule has 1 unspecified atom stereocenters. The van der Waals surface area contributed by atoms with Gasteiger partial charge in [-0.05, 0) is 42.3 Å². The minimum atomic E-state index is -3.69. The Labute approximate surface area is 172 Å². The number of hydrogen-bond acceptors (Lipinski definition) is 8. The maximum Gasteiger partial charge on any atom is 0.183 e. The van der Waals surface area contributed by atoms with Crippen molar-refractivity contribution in [3.63, 3.8) is 0 Å². The van der Waals surface area contributed by atoms with Crippen molar-refractivity contribution < 1.29 is 13.5 Å². The maximum atomic E-state index is 13.0. The molecule has 2 N–H and O–H groups in total. The summed E-state index contributed by atoms with van der Waals surface area (Å²) in [4.78, 5) is 13.0. The van der Waals surface area contributed by atoms with Crippen molar-refractivity contribution >= 4 is 53.8 Å². The molecule has 0 aliphatic carbocycles. The van der Waals surface area contributed by atoms with Gasteiger partial charge in [0, 0.05) is 11.1 Å². The number of thiazole rings is 1. The molecule has 0 fully saturated rings. The molecule has 150 valence electrons. The Morgan fingerprint density at radius 3 is 2.66 bits per heavy atom. The van der Waals surface area contributed by atoms with Gasteiger partial charge in [-0.1, -0.05) is 13.8 Å². The van der Waals surface area contributed by atoms with Crippen LogP contribution in [0.1, 0.15) is 13.8 Å². The van der Waals surface area contributed by atoms with Gasteiger partial charge >= 0.3 is 0 Å². The smallest absolute Gasteiger partial charge is 0.183 e. The quantitative estimate of drug-likeness (QED) is 0.481. The molecule has 7 nitrogen and oxygen atoms in total. The van der Waals surface area contributed by atoms with Crippen LogP contribution in [0.2, 0.25) is 0 Å². The van der Waals surface area contributed by atoms with E-state index in [1.807, 2.05) is 18.2 Å². The van der Waals surface area contributed by atoms with Crippen LogP contribution in [0.4, 0.5) is 11.5 Å². The highest BCUT2D eigenvalue weighted by Gasteiger charge is 2.30. The molecule has 2 aromatic carbocycles. The number of aliphatic hydroxyl groups is 1. The average molecular weight is 429 g/mol. The third-order valence-electron chi connectivity index (χ3n) is 4.85. The lowest BCUT2D eigenvalue weighted by atomic mass is 10.1. The molecule has 2 heterocycles.